The number of ether oxygens (including phenoxy) is 3. The molecule has 0 amide bonds. The summed E-state index contributed by atoms with van der Waals surface area (Å²) in [6.45, 7) is 0.210. The third-order valence-electron chi connectivity index (χ3n) is 2.58. The normalized spacial score (nSPS) is 12.5. The zero-order valence-electron chi connectivity index (χ0n) is 9.65. The number of rotatable bonds is 2. The van der Waals surface area contributed by atoms with Gasteiger partial charge in [-0.15, -0.1) is 0 Å². The third-order valence-corrected chi connectivity index (χ3v) is 3.15. The molecule has 2 aromatic carbocycles. The number of benzene rings is 2. The highest BCUT2D eigenvalue weighted by Crippen LogP contribution is 2.41. The Labute approximate surface area is 119 Å². The van der Waals surface area contributed by atoms with Gasteiger partial charge < -0.3 is 19.9 Å². The first-order valence-corrected chi connectivity index (χ1v) is 6.21. The lowest BCUT2D eigenvalue weighted by Crippen LogP contribution is -1.93. The van der Waals surface area contributed by atoms with Gasteiger partial charge in [-0.1, -0.05) is 23.2 Å². The molecule has 2 aromatic rings. The monoisotopic (exact) mass is 297 g/mol. The lowest BCUT2D eigenvalue weighted by atomic mass is 10.3. The Hall–Kier alpha value is -1.78. The molecule has 0 bridgehead atoms. The molecule has 1 aliphatic rings. The quantitative estimate of drug-likeness (QED) is 0.848. The van der Waals surface area contributed by atoms with Crippen LogP contribution in [0.25, 0.3) is 0 Å². The Kier molecular flexibility index (Phi) is 3.05. The van der Waals surface area contributed by atoms with Crippen molar-refractivity contribution in [2.75, 3.05) is 12.5 Å². The van der Waals surface area contributed by atoms with Crippen molar-refractivity contribution < 1.29 is 14.2 Å². The molecule has 0 radical (unpaired) electrons. The van der Waals surface area contributed by atoms with E-state index in [0.717, 1.165) is 0 Å². The minimum Gasteiger partial charge on any atom is -0.454 e. The molecular formula is C13H9Cl2NO3. The van der Waals surface area contributed by atoms with E-state index in [0.29, 0.717) is 38.7 Å². The third kappa shape index (κ3) is 2.37. The van der Waals surface area contributed by atoms with Crippen LogP contribution in [0.15, 0.2) is 30.3 Å². The summed E-state index contributed by atoms with van der Waals surface area (Å²) < 4.78 is 16.2. The summed E-state index contributed by atoms with van der Waals surface area (Å²) in [6.07, 6.45) is 0. The minimum atomic E-state index is 0.210. The highest BCUT2D eigenvalue weighted by molar-refractivity contribution is 6.37. The Morgan fingerprint density at radius 3 is 2.42 bits per heavy atom. The Bertz CT molecular complexity index is 623. The molecule has 1 heterocycles. The molecule has 19 heavy (non-hydrogen) atoms. The van der Waals surface area contributed by atoms with Gasteiger partial charge in [-0.3, -0.25) is 0 Å². The average Bonchev–Trinajstić information content (AvgIpc) is 2.81. The summed E-state index contributed by atoms with van der Waals surface area (Å²) in [5, 5.41) is 0.699. The fraction of sp³-hybridized carbons (Fsp3) is 0.0769. The molecular weight excluding hydrogens is 289 g/mol. The lowest BCUT2D eigenvalue weighted by Gasteiger charge is -2.10. The molecule has 0 saturated carbocycles. The molecule has 0 atom stereocenters. The van der Waals surface area contributed by atoms with E-state index in [9.17, 15) is 0 Å². The van der Waals surface area contributed by atoms with Crippen LogP contribution in [-0.2, 0) is 0 Å². The number of hydrogen-bond acceptors (Lipinski definition) is 4. The van der Waals surface area contributed by atoms with Crippen LogP contribution < -0.4 is 19.9 Å². The van der Waals surface area contributed by atoms with Gasteiger partial charge in [0.25, 0.3) is 0 Å². The van der Waals surface area contributed by atoms with E-state index in [2.05, 4.69) is 0 Å². The second-order valence-electron chi connectivity index (χ2n) is 3.93. The summed E-state index contributed by atoms with van der Waals surface area (Å²) >= 11 is 12.1. The second kappa shape index (κ2) is 4.72. The Balaban J connectivity index is 1.93. The topological polar surface area (TPSA) is 53.7 Å². The number of hydrogen-bond donors (Lipinski definition) is 1. The molecule has 0 unspecified atom stereocenters. The van der Waals surface area contributed by atoms with Crippen molar-refractivity contribution in [2.24, 2.45) is 0 Å². The van der Waals surface area contributed by atoms with Gasteiger partial charge >= 0.3 is 0 Å². The molecule has 0 aliphatic carbocycles. The zero-order chi connectivity index (χ0) is 13.4. The van der Waals surface area contributed by atoms with Gasteiger partial charge in [0, 0.05) is 11.8 Å². The van der Waals surface area contributed by atoms with Gasteiger partial charge in [-0.2, -0.15) is 0 Å². The fourth-order valence-corrected chi connectivity index (χ4v) is 2.32. The molecule has 4 nitrogen and oxygen atoms in total. The minimum absolute atomic E-state index is 0.210. The van der Waals surface area contributed by atoms with Crippen LogP contribution in [-0.4, -0.2) is 6.79 Å². The van der Waals surface area contributed by atoms with E-state index >= 15 is 0 Å². The molecule has 98 valence electrons. The van der Waals surface area contributed by atoms with Crippen LogP contribution in [0.3, 0.4) is 0 Å². The van der Waals surface area contributed by atoms with Crippen molar-refractivity contribution in [3.05, 3.63) is 40.4 Å². The SMILES string of the molecule is Nc1cc(Cl)c(Oc2ccc3c(c2)OCO3)c(Cl)c1. The number of halogens is 2. The van der Waals surface area contributed by atoms with Crippen LogP contribution in [0.1, 0.15) is 0 Å². The molecule has 0 fully saturated rings. The van der Waals surface area contributed by atoms with Crippen molar-refractivity contribution in [3.8, 4) is 23.0 Å². The molecule has 3 rings (SSSR count). The lowest BCUT2D eigenvalue weighted by molar-refractivity contribution is 0.174. The van der Waals surface area contributed by atoms with Crippen molar-refractivity contribution in [1.29, 1.82) is 0 Å². The van der Waals surface area contributed by atoms with Crippen molar-refractivity contribution in [3.63, 3.8) is 0 Å². The van der Waals surface area contributed by atoms with Gasteiger partial charge in [-0.05, 0) is 24.3 Å². The van der Waals surface area contributed by atoms with Crippen molar-refractivity contribution in [2.45, 2.75) is 0 Å². The van der Waals surface area contributed by atoms with Gasteiger partial charge in [0.2, 0.25) is 6.79 Å². The zero-order valence-corrected chi connectivity index (χ0v) is 11.2. The maximum atomic E-state index is 6.06. The van der Waals surface area contributed by atoms with E-state index in [4.69, 9.17) is 43.1 Å². The summed E-state index contributed by atoms with van der Waals surface area (Å²) in [6, 6.07) is 8.38. The predicted molar refractivity (Wildman–Crippen MR) is 73.5 cm³/mol. The Morgan fingerprint density at radius 2 is 1.68 bits per heavy atom. The molecule has 0 aromatic heterocycles. The van der Waals surface area contributed by atoms with Crippen LogP contribution in [0.4, 0.5) is 5.69 Å². The highest BCUT2D eigenvalue weighted by Gasteiger charge is 2.16. The van der Waals surface area contributed by atoms with Gasteiger partial charge in [0.15, 0.2) is 17.2 Å². The van der Waals surface area contributed by atoms with E-state index in [1.807, 2.05) is 0 Å². The van der Waals surface area contributed by atoms with E-state index < -0.39 is 0 Å². The number of nitrogen functional groups attached to an aromatic ring is 1. The summed E-state index contributed by atoms with van der Waals surface area (Å²) in [5.41, 5.74) is 6.11. The standard InChI is InChI=1S/C13H9Cl2NO3/c14-9-3-7(16)4-10(15)13(9)19-8-1-2-11-12(5-8)18-6-17-11/h1-5H,6,16H2. The number of anilines is 1. The number of nitrogens with two attached hydrogens (primary N) is 1. The molecule has 0 saturated heterocycles. The van der Waals surface area contributed by atoms with E-state index in [-0.39, 0.29) is 6.79 Å². The van der Waals surface area contributed by atoms with Crippen LogP contribution in [0.2, 0.25) is 10.0 Å². The average molecular weight is 298 g/mol. The highest BCUT2D eigenvalue weighted by atomic mass is 35.5. The first kappa shape index (κ1) is 12.3. The summed E-state index contributed by atoms with van der Waals surface area (Å²) in [7, 11) is 0. The smallest absolute Gasteiger partial charge is 0.231 e. The molecule has 6 heteroatoms. The van der Waals surface area contributed by atoms with Crippen LogP contribution >= 0.6 is 23.2 Å². The second-order valence-corrected chi connectivity index (χ2v) is 4.75. The maximum Gasteiger partial charge on any atom is 0.231 e. The van der Waals surface area contributed by atoms with Crippen LogP contribution in [0.5, 0.6) is 23.0 Å². The summed E-state index contributed by atoms with van der Waals surface area (Å²) in [4.78, 5) is 0. The first-order valence-electron chi connectivity index (χ1n) is 5.45. The number of fused-ring (bicyclic) bond motifs is 1. The maximum absolute atomic E-state index is 6.06. The largest absolute Gasteiger partial charge is 0.454 e. The predicted octanol–water partition coefficient (Wildman–Crippen LogP) is 4.10. The van der Waals surface area contributed by atoms with Gasteiger partial charge in [-0.25, -0.2) is 0 Å². The molecule has 1 aliphatic heterocycles. The Morgan fingerprint density at radius 1 is 1.00 bits per heavy atom. The van der Waals surface area contributed by atoms with Crippen LogP contribution in [0, 0.1) is 0 Å². The molecule has 2 N–H and O–H groups in total. The van der Waals surface area contributed by atoms with E-state index in [1.54, 1.807) is 30.3 Å². The van der Waals surface area contributed by atoms with Gasteiger partial charge in [0.05, 0.1) is 10.0 Å². The molecule has 0 spiro atoms. The van der Waals surface area contributed by atoms with Crippen molar-refractivity contribution in [1.82, 2.24) is 0 Å². The van der Waals surface area contributed by atoms with Crippen molar-refractivity contribution >= 4 is 28.9 Å². The first-order chi connectivity index (χ1) is 9.13. The fourth-order valence-electron chi connectivity index (χ4n) is 1.74. The van der Waals surface area contributed by atoms with E-state index in [1.165, 1.54) is 0 Å². The van der Waals surface area contributed by atoms with Gasteiger partial charge in [0.1, 0.15) is 5.75 Å². The summed E-state index contributed by atoms with van der Waals surface area (Å²) in [5.74, 6) is 2.22.